The number of nitrogens with zero attached hydrogens (tertiary/aromatic N) is 4. The molecule has 2 aromatic heterocycles. The van der Waals surface area contributed by atoms with Crippen LogP contribution in [0.1, 0.15) is 23.5 Å². The summed E-state index contributed by atoms with van der Waals surface area (Å²) in [5, 5.41) is 6.32. The van der Waals surface area contributed by atoms with Gasteiger partial charge in [0.15, 0.2) is 11.5 Å². The number of hydrogen-bond donors (Lipinski definition) is 1. The molecule has 1 N–H and O–H groups in total. The molecule has 3 rings (SSSR count). The van der Waals surface area contributed by atoms with E-state index >= 15 is 0 Å². The fourth-order valence-electron chi connectivity index (χ4n) is 2.87. The molecule has 3 heterocycles. The van der Waals surface area contributed by atoms with Crippen molar-refractivity contribution in [1.82, 2.24) is 19.6 Å². The maximum Gasteiger partial charge on any atom is 0.434 e. The maximum absolute atomic E-state index is 12.7. The number of amides is 2. The first-order valence-corrected chi connectivity index (χ1v) is 7.80. The van der Waals surface area contributed by atoms with Crippen molar-refractivity contribution in [3.63, 3.8) is 0 Å². The molecule has 10 heteroatoms. The number of aryl methyl sites for hydroxylation is 2. The lowest BCUT2D eigenvalue weighted by Crippen LogP contribution is -2.38. The molecular formula is C15H18F3N5O2. The minimum absolute atomic E-state index is 0.0527. The van der Waals surface area contributed by atoms with E-state index in [2.05, 4.69) is 15.5 Å². The Hall–Kier alpha value is -2.52. The Balaban J connectivity index is 1.59. The average molecular weight is 357 g/mol. The van der Waals surface area contributed by atoms with Gasteiger partial charge in [-0.25, -0.2) is 9.78 Å². The Morgan fingerprint density at radius 3 is 2.92 bits per heavy atom. The van der Waals surface area contributed by atoms with Crippen LogP contribution in [0.4, 0.5) is 23.8 Å². The summed E-state index contributed by atoms with van der Waals surface area (Å²) in [5.74, 6) is 0.845. The number of halogens is 3. The van der Waals surface area contributed by atoms with Crippen molar-refractivity contribution in [1.29, 1.82) is 0 Å². The third kappa shape index (κ3) is 3.77. The highest BCUT2D eigenvalue weighted by molar-refractivity contribution is 5.88. The monoisotopic (exact) mass is 357 g/mol. The Morgan fingerprint density at radius 2 is 2.28 bits per heavy atom. The number of carbonyl (C=O) groups is 1. The molecular weight excluding hydrogens is 339 g/mol. The molecule has 0 unspecified atom stereocenters. The molecule has 0 radical (unpaired) electrons. The second-order valence-corrected chi connectivity index (χ2v) is 6.25. The first-order chi connectivity index (χ1) is 11.7. The van der Waals surface area contributed by atoms with E-state index in [1.807, 2.05) is 0 Å². The van der Waals surface area contributed by atoms with E-state index in [1.54, 1.807) is 14.0 Å². The lowest BCUT2D eigenvalue weighted by Gasteiger charge is -2.28. The number of urea groups is 1. The molecule has 0 bridgehead atoms. The van der Waals surface area contributed by atoms with Crippen LogP contribution >= 0.6 is 0 Å². The summed E-state index contributed by atoms with van der Waals surface area (Å²) in [7, 11) is 1.63. The van der Waals surface area contributed by atoms with Gasteiger partial charge in [0.25, 0.3) is 0 Å². The molecule has 0 fully saturated rings. The summed E-state index contributed by atoms with van der Waals surface area (Å²) < 4.78 is 44.5. The number of rotatable bonds is 3. The van der Waals surface area contributed by atoms with Gasteiger partial charge in [-0.1, -0.05) is 5.16 Å². The number of imidazole rings is 1. The van der Waals surface area contributed by atoms with Crippen LogP contribution in [-0.2, 0) is 19.1 Å². The van der Waals surface area contributed by atoms with E-state index in [-0.39, 0.29) is 11.9 Å². The van der Waals surface area contributed by atoms with Crippen LogP contribution < -0.4 is 5.32 Å². The van der Waals surface area contributed by atoms with Crippen molar-refractivity contribution in [3.8, 4) is 0 Å². The van der Waals surface area contributed by atoms with Crippen LogP contribution in [-0.4, -0.2) is 39.2 Å². The SMILES string of the molecule is Cc1conc1NC(=O)N(C)C[C@H]1CCc2nc(C(F)(F)F)cn2C1. The van der Waals surface area contributed by atoms with Gasteiger partial charge in [-0.15, -0.1) is 0 Å². The Morgan fingerprint density at radius 1 is 1.52 bits per heavy atom. The lowest BCUT2D eigenvalue weighted by atomic mass is 9.99. The molecule has 25 heavy (non-hydrogen) atoms. The van der Waals surface area contributed by atoms with Crippen molar-refractivity contribution in [2.75, 3.05) is 18.9 Å². The summed E-state index contributed by atoms with van der Waals surface area (Å²) >= 11 is 0. The third-order valence-electron chi connectivity index (χ3n) is 4.23. The van der Waals surface area contributed by atoms with Crippen LogP contribution in [0, 0.1) is 12.8 Å². The summed E-state index contributed by atoms with van der Waals surface area (Å²) in [6.07, 6.45) is -0.838. The van der Waals surface area contributed by atoms with Gasteiger partial charge in [-0.05, 0) is 19.3 Å². The average Bonchev–Trinajstić information content (AvgIpc) is 3.13. The van der Waals surface area contributed by atoms with E-state index in [9.17, 15) is 18.0 Å². The van der Waals surface area contributed by atoms with Crippen LogP contribution in [0.2, 0.25) is 0 Å². The molecule has 0 aromatic carbocycles. The highest BCUT2D eigenvalue weighted by Gasteiger charge is 2.36. The number of anilines is 1. The van der Waals surface area contributed by atoms with Crippen LogP contribution in [0.3, 0.4) is 0 Å². The second kappa shape index (κ2) is 6.41. The quantitative estimate of drug-likeness (QED) is 0.916. The van der Waals surface area contributed by atoms with Crippen molar-refractivity contribution in [2.24, 2.45) is 5.92 Å². The predicted octanol–water partition coefficient (Wildman–Crippen LogP) is 2.92. The molecule has 1 atom stereocenters. The van der Waals surface area contributed by atoms with Gasteiger partial charge in [0.05, 0.1) is 0 Å². The van der Waals surface area contributed by atoms with Gasteiger partial charge in [0.1, 0.15) is 12.1 Å². The van der Waals surface area contributed by atoms with Gasteiger partial charge in [-0.2, -0.15) is 13.2 Å². The van der Waals surface area contributed by atoms with Gasteiger partial charge < -0.3 is 14.0 Å². The number of nitrogens with one attached hydrogen (secondary N) is 1. The number of carbonyl (C=O) groups excluding carboxylic acids is 1. The molecule has 0 saturated carbocycles. The second-order valence-electron chi connectivity index (χ2n) is 6.25. The molecule has 136 valence electrons. The minimum atomic E-state index is -4.44. The largest absolute Gasteiger partial charge is 0.434 e. The van der Waals surface area contributed by atoms with Crippen molar-refractivity contribution in [3.05, 3.63) is 29.5 Å². The van der Waals surface area contributed by atoms with E-state index < -0.39 is 11.9 Å². The summed E-state index contributed by atoms with van der Waals surface area (Å²) in [6.45, 7) is 2.58. The first kappa shape index (κ1) is 17.3. The van der Waals surface area contributed by atoms with Crippen LogP contribution in [0.5, 0.6) is 0 Å². The topological polar surface area (TPSA) is 76.2 Å². The molecule has 1 aliphatic rings. The van der Waals surface area contributed by atoms with E-state index in [0.29, 0.717) is 43.1 Å². The Kier molecular flexibility index (Phi) is 4.44. The molecule has 0 aliphatic carbocycles. The fourth-order valence-corrected chi connectivity index (χ4v) is 2.87. The number of fused-ring (bicyclic) bond motifs is 1. The normalized spacial score (nSPS) is 17.2. The van der Waals surface area contributed by atoms with Gasteiger partial charge in [0, 0.05) is 38.3 Å². The molecule has 7 nitrogen and oxygen atoms in total. The highest BCUT2D eigenvalue weighted by Crippen LogP contribution is 2.30. The van der Waals surface area contributed by atoms with Gasteiger partial charge in [-0.3, -0.25) is 5.32 Å². The summed E-state index contributed by atoms with van der Waals surface area (Å²) in [4.78, 5) is 17.3. The molecule has 2 amide bonds. The fraction of sp³-hybridized carbons (Fsp3) is 0.533. The lowest BCUT2D eigenvalue weighted by molar-refractivity contribution is -0.141. The molecule has 1 aliphatic heterocycles. The Bertz CT molecular complexity index is 768. The van der Waals surface area contributed by atoms with E-state index in [0.717, 1.165) is 6.20 Å². The van der Waals surface area contributed by atoms with E-state index in [1.165, 1.54) is 15.7 Å². The summed E-state index contributed by atoms with van der Waals surface area (Å²) in [5.41, 5.74) is -0.155. The zero-order valence-corrected chi connectivity index (χ0v) is 13.8. The van der Waals surface area contributed by atoms with Gasteiger partial charge in [0.2, 0.25) is 0 Å². The van der Waals surface area contributed by atoms with Crippen molar-refractivity contribution in [2.45, 2.75) is 32.5 Å². The Labute approximate surface area is 141 Å². The summed E-state index contributed by atoms with van der Waals surface area (Å²) in [6, 6.07) is -0.343. The smallest absolute Gasteiger partial charge is 0.362 e. The number of hydrogen-bond acceptors (Lipinski definition) is 4. The number of aromatic nitrogens is 3. The highest BCUT2D eigenvalue weighted by atomic mass is 19.4. The van der Waals surface area contributed by atoms with Crippen LogP contribution in [0.25, 0.3) is 0 Å². The standard InChI is InChI=1S/C15H18F3N5O2/c1-9-8-25-21-13(9)20-14(24)22(2)5-10-3-4-12-19-11(15(16,17)18)7-23(12)6-10/h7-8,10H,3-6H2,1-2H3,(H,20,21,24)/t10-/m1/s1. The number of alkyl halides is 3. The maximum atomic E-state index is 12.7. The molecule has 0 spiro atoms. The minimum Gasteiger partial charge on any atom is -0.362 e. The first-order valence-electron chi connectivity index (χ1n) is 7.80. The van der Waals surface area contributed by atoms with Crippen molar-refractivity contribution >= 4 is 11.8 Å². The van der Waals surface area contributed by atoms with Gasteiger partial charge >= 0.3 is 12.2 Å². The molecule has 0 saturated heterocycles. The van der Waals surface area contributed by atoms with E-state index in [4.69, 9.17) is 4.52 Å². The zero-order valence-electron chi connectivity index (χ0n) is 13.8. The zero-order chi connectivity index (χ0) is 18.2. The molecule has 2 aromatic rings. The predicted molar refractivity (Wildman–Crippen MR) is 81.9 cm³/mol. The third-order valence-corrected chi connectivity index (χ3v) is 4.23. The van der Waals surface area contributed by atoms with Crippen molar-refractivity contribution < 1.29 is 22.5 Å². The van der Waals surface area contributed by atoms with Crippen LogP contribution in [0.15, 0.2) is 17.0 Å².